The maximum atomic E-state index is 12.7. The third-order valence-electron chi connectivity index (χ3n) is 5.59. The van der Waals surface area contributed by atoms with Gasteiger partial charge in [-0.25, -0.2) is 0 Å². The summed E-state index contributed by atoms with van der Waals surface area (Å²) in [6.45, 7) is 6.16. The Bertz CT molecular complexity index is 989. The quantitative estimate of drug-likeness (QED) is 0.631. The Morgan fingerprint density at radius 1 is 1.00 bits per heavy atom. The first-order valence-corrected chi connectivity index (χ1v) is 10.3. The molecule has 0 radical (unpaired) electrons. The van der Waals surface area contributed by atoms with Crippen molar-refractivity contribution in [3.8, 4) is 17.0 Å². The van der Waals surface area contributed by atoms with Crippen LogP contribution in [0.3, 0.4) is 0 Å². The number of ether oxygens (including phenoxy) is 1. The molecule has 1 aromatic heterocycles. The van der Waals surface area contributed by atoms with Gasteiger partial charge >= 0.3 is 0 Å². The highest BCUT2D eigenvalue weighted by atomic mass is 16.5. The highest BCUT2D eigenvalue weighted by Crippen LogP contribution is 2.35. The summed E-state index contributed by atoms with van der Waals surface area (Å²) in [7, 11) is 0. The van der Waals surface area contributed by atoms with E-state index in [0.717, 1.165) is 40.9 Å². The number of hydrogen-bond donors (Lipinski definition) is 1. The fourth-order valence-corrected chi connectivity index (χ4v) is 4.12. The molecule has 2 heterocycles. The molecule has 2 aromatic carbocycles. The van der Waals surface area contributed by atoms with Crippen LogP contribution >= 0.6 is 0 Å². The smallest absolute Gasteiger partial charge is 0.256 e. The fourth-order valence-electron chi connectivity index (χ4n) is 4.12. The molecule has 4 rings (SSSR count). The fraction of sp³-hybridized carbons (Fsp3) is 0.375. The number of likely N-dealkylation sites (tertiary alicyclic amines) is 1. The van der Waals surface area contributed by atoms with Crippen molar-refractivity contribution < 1.29 is 4.74 Å². The average Bonchev–Trinajstić information content (AvgIpc) is 2.74. The van der Waals surface area contributed by atoms with E-state index in [1.165, 1.54) is 32.4 Å². The van der Waals surface area contributed by atoms with Crippen molar-refractivity contribution in [1.82, 2.24) is 9.88 Å². The van der Waals surface area contributed by atoms with Crippen LogP contribution in [0.5, 0.6) is 5.75 Å². The van der Waals surface area contributed by atoms with Gasteiger partial charge in [-0.1, -0.05) is 48.9 Å². The minimum absolute atomic E-state index is 0.0711. The molecule has 0 amide bonds. The number of benzene rings is 2. The maximum absolute atomic E-state index is 12.7. The topological polar surface area (TPSA) is 45.3 Å². The molecule has 0 unspecified atom stereocenters. The number of aromatic amines is 1. The molecule has 0 aliphatic carbocycles. The molecular formula is C24H28N2O2. The minimum Gasteiger partial charge on any atom is -0.491 e. The van der Waals surface area contributed by atoms with Gasteiger partial charge in [-0.3, -0.25) is 4.79 Å². The van der Waals surface area contributed by atoms with E-state index in [0.29, 0.717) is 12.0 Å². The maximum Gasteiger partial charge on any atom is 0.256 e. The number of H-pyrrole nitrogens is 1. The molecule has 0 atom stereocenters. The molecule has 0 saturated carbocycles. The van der Waals surface area contributed by atoms with E-state index in [4.69, 9.17) is 4.74 Å². The van der Waals surface area contributed by atoms with Crippen molar-refractivity contribution in [2.45, 2.75) is 32.6 Å². The van der Waals surface area contributed by atoms with Crippen molar-refractivity contribution in [3.63, 3.8) is 0 Å². The summed E-state index contributed by atoms with van der Waals surface area (Å²) >= 11 is 0. The van der Waals surface area contributed by atoms with Gasteiger partial charge in [-0.05, 0) is 50.9 Å². The SMILES string of the molecule is Cc1cccc2c(=O)[nH]c(-c3ccccc3)c(OCCCN3CCCCC3)c12. The first kappa shape index (κ1) is 18.8. The summed E-state index contributed by atoms with van der Waals surface area (Å²) in [4.78, 5) is 18.3. The van der Waals surface area contributed by atoms with E-state index in [9.17, 15) is 4.79 Å². The summed E-state index contributed by atoms with van der Waals surface area (Å²) in [5, 5.41) is 1.61. The first-order valence-electron chi connectivity index (χ1n) is 10.3. The normalized spacial score (nSPS) is 15.0. The van der Waals surface area contributed by atoms with Crippen molar-refractivity contribution in [3.05, 3.63) is 64.4 Å². The van der Waals surface area contributed by atoms with Crippen LogP contribution in [0.2, 0.25) is 0 Å². The Morgan fingerprint density at radius 3 is 2.57 bits per heavy atom. The zero-order valence-electron chi connectivity index (χ0n) is 16.5. The zero-order valence-corrected chi connectivity index (χ0v) is 16.5. The number of piperidine rings is 1. The van der Waals surface area contributed by atoms with Crippen LogP contribution in [0.15, 0.2) is 53.3 Å². The Hall–Kier alpha value is -2.59. The molecule has 146 valence electrons. The molecule has 1 fully saturated rings. The molecule has 1 saturated heterocycles. The van der Waals surface area contributed by atoms with Crippen molar-refractivity contribution >= 4 is 10.8 Å². The van der Waals surface area contributed by atoms with Gasteiger partial charge in [0.25, 0.3) is 5.56 Å². The van der Waals surface area contributed by atoms with E-state index in [1.54, 1.807) is 0 Å². The number of hydrogen-bond acceptors (Lipinski definition) is 3. The Balaban J connectivity index is 1.64. The number of aromatic nitrogens is 1. The second kappa shape index (κ2) is 8.61. The van der Waals surface area contributed by atoms with Crippen molar-refractivity contribution in [1.29, 1.82) is 0 Å². The predicted molar refractivity (Wildman–Crippen MR) is 115 cm³/mol. The lowest BCUT2D eigenvalue weighted by Gasteiger charge is -2.26. The number of fused-ring (bicyclic) bond motifs is 1. The second-order valence-electron chi connectivity index (χ2n) is 7.63. The molecule has 1 aliphatic rings. The van der Waals surface area contributed by atoms with Gasteiger partial charge in [-0.15, -0.1) is 0 Å². The molecule has 3 aromatic rings. The molecule has 1 aliphatic heterocycles. The van der Waals surface area contributed by atoms with Crippen LogP contribution in [-0.4, -0.2) is 36.1 Å². The number of nitrogens with zero attached hydrogens (tertiary/aromatic N) is 1. The zero-order chi connectivity index (χ0) is 19.3. The summed E-state index contributed by atoms with van der Waals surface area (Å²) in [5.74, 6) is 0.789. The van der Waals surface area contributed by atoms with Crippen LogP contribution in [0, 0.1) is 6.92 Å². The highest BCUT2D eigenvalue weighted by molar-refractivity contribution is 5.95. The second-order valence-corrected chi connectivity index (χ2v) is 7.63. The molecule has 0 spiro atoms. The Morgan fingerprint density at radius 2 is 1.79 bits per heavy atom. The van der Waals surface area contributed by atoms with E-state index >= 15 is 0 Å². The van der Waals surface area contributed by atoms with Gasteiger partial charge in [0.1, 0.15) is 0 Å². The van der Waals surface area contributed by atoms with Gasteiger partial charge < -0.3 is 14.6 Å². The van der Waals surface area contributed by atoms with Gasteiger partial charge in [-0.2, -0.15) is 0 Å². The molecular weight excluding hydrogens is 348 g/mol. The number of pyridine rings is 1. The van der Waals surface area contributed by atoms with Gasteiger partial charge in [0.15, 0.2) is 5.75 Å². The Kier molecular flexibility index (Phi) is 5.77. The number of rotatable bonds is 6. The summed E-state index contributed by atoms with van der Waals surface area (Å²) in [6.07, 6.45) is 4.96. The average molecular weight is 377 g/mol. The molecule has 0 bridgehead atoms. The molecule has 1 N–H and O–H groups in total. The largest absolute Gasteiger partial charge is 0.491 e. The van der Waals surface area contributed by atoms with Gasteiger partial charge in [0.2, 0.25) is 0 Å². The monoisotopic (exact) mass is 376 g/mol. The van der Waals surface area contributed by atoms with Crippen LogP contribution in [0.25, 0.3) is 22.0 Å². The summed E-state index contributed by atoms with van der Waals surface area (Å²) < 4.78 is 6.33. The molecule has 4 heteroatoms. The lowest BCUT2D eigenvalue weighted by atomic mass is 10.0. The number of nitrogens with one attached hydrogen (secondary N) is 1. The van der Waals surface area contributed by atoms with Gasteiger partial charge in [0, 0.05) is 17.5 Å². The molecule has 4 nitrogen and oxygen atoms in total. The van der Waals surface area contributed by atoms with Crippen LogP contribution in [0.1, 0.15) is 31.2 Å². The van der Waals surface area contributed by atoms with Crippen molar-refractivity contribution in [2.24, 2.45) is 0 Å². The summed E-state index contributed by atoms with van der Waals surface area (Å²) in [5.41, 5.74) is 2.73. The predicted octanol–water partition coefficient (Wildman–Crippen LogP) is 4.76. The first-order chi connectivity index (χ1) is 13.7. The van der Waals surface area contributed by atoms with E-state index in [-0.39, 0.29) is 5.56 Å². The highest BCUT2D eigenvalue weighted by Gasteiger charge is 2.16. The minimum atomic E-state index is -0.0711. The third kappa shape index (κ3) is 3.97. The van der Waals surface area contributed by atoms with Crippen molar-refractivity contribution in [2.75, 3.05) is 26.2 Å². The lowest BCUT2D eigenvalue weighted by molar-refractivity contribution is 0.205. The lowest BCUT2D eigenvalue weighted by Crippen LogP contribution is -2.31. The standard InChI is InChI=1S/C24H28N2O2/c1-18-10-8-13-20-21(18)23(28-17-9-16-26-14-6-3-7-15-26)22(25-24(20)27)19-11-4-2-5-12-19/h2,4-5,8,10-13H,3,6-7,9,14-17H2,1H3,(H,25,27). The van der Waals surface area contributed by atoms with Crippen LogP contribution in [0.4, 0.5) is 0 Å². The van der Waals surface area contributed by atoms with E-state index in [2.05, 4.69) is 9.88 Å². The third-order valence-corrected chi connectivity index (χ3v) is 5.59. The van der Waals surface area contributed by atoms with E-state index < -0.39 is 0 Å². The van der Waals surface area contributed by atoms with Crippen LogP contribution < -0.4 is 10.3 Å². The van der Waals surface area contributed by atoms with E-state index in [1.807, 2.05) is 55.5 Å². The molecule has 28 heavy (non-hydrogen) atoms. The number of aryl methyl sites for hydroxylation is 1. The van der Waals surface area contributed by atoms with Crippen LogP contribution in [-0.2, 0) is 0 Å². The Labute approximate surface area is 166 Å². The summed E-state index contributed by atoms with van der Waals surface area (Å²) in [6, 6.07) is 15.8. The van der Waals surface area contributed by atoms with Gasteiger partial charge in [0.05, 0.1) is 17.7 Å².